The van der Waals surface area contributed by atoms with Crippen LogP contribution in [0.4, 0.5) is 0 Å². The number of carbonyl (C=O) groups is 1. The molecule has 1 heterocycles. The summed E-state index contributed by atoms with van der Waals surface area (Å²) in [5, 5.41) is 10.3. The number of hydrogen-bond acceptors (Lipinski definition) is 5. The van der Waals surface area contributed by atoms with E-state index in [2.05, 4.69) is 25.7 Å². The zero-order valence-corrected chi connectivity index (χ0v) is 17.8. The van der Waals surface area contributed by atoms with Crippen molar-refractivity contribution in [3.8, 4) is 5.75 Å². The predicted octanol–water partition coefficient (Wildman–Crippen LogP) is 3.00. The van der Waals surface area contributed by atoms with Crippen molar-refractivity contribution in [3.05, 3.63) is 64.1 Å². The summed E-state index contributed by atoms with van der Waals surface area (Å²) >= 11 is 3.39. The van der Waals surface area contributed by atoms with Crippen molar-refractivity contribution in [2.24, 2.45) is 0 Å². The number of rotatable bonds is 8. The van der Waals surface area contributed by atoms with Crippen LogP contribution in [0.5, 0.6) is 5.75 Å². The highest BCUT2D eigenvalue weighted by atomic mass is 79.9. The molecule has 1 N–H and O–H groups in total. The molecular weight excluding hydrogens is 420 g/mol. The molecule has 0 aromatic heterocycles. The number of aryl methyl sites for hydroxylation is 1. The molecule has 0 saturated carbocycles. The van der Waals surface area contributed by atoms with E-state index in [9.17, 15) is 9.90 Å². The van der Waals surface area contributed by atoms with E-state index in [1.807, 2.05) is 55.5 Å². The number of nitrogens with zero attached hydrogens (tertiary/aromatic N) is 2. The van der Waals surface area contributed by atoms with Crippen LogP contribution in [0.1, 0.15) is 15.9 Å². The molecule has 0 aliphatic carbocycles. The number of aliphatic hydroxyl groups excluding tert-OH is 1. The quantitative estimate of drug-likeness (QED) is 0.631. The Bertz CT molecular complexity index is 774. The topological polar surface area (TPSA) is 53.0 Å². The Hall–Kier alpha value is -1.73. The first-order valence-electron chi connectivity index (χ1n) is 9.60. The molecule has 2 aromatic rings. The van der Waals surface area contributed by atoms with E-state index in [1.54, 1.807) is 0 Å². The number of halogens is 1. The molecule has 150 valence electrons. The second-order valence-electron chi connectivity index (χ2n) is 7.29. The molecule has 1 atom stereocenters. The standard InChI is InChI=1S/C22H27BrN2O3/c1-17-3-2-4-21(13-17)28-16-20(26)14-24-9-11-25(12-10-24)15-22(27)18-5-7-19(23)8-6-18/h2-8,13,20,26H,9-12,14-16H2,1H3. The molecule has 1 unspecified atom stereocenters. The van der Waals surface area contributed by atoms with Gasteiger partial charge in [0.1, 0.15) is 18.5 Å². The molecule has 1 aliphatic rings. The molecule has 28 heavy (non-hydrogen) atoms. The molecule has 0 bridgehead atoms. The molecule has 6 heteroatoms. The van der Waals surface area contributed by atoms with Gasteiger partial charge in [-0.3, -0.25) is 14.6 Å². The molecule has 2 aromatic carbocycles. The second kappa shape index (κ2) is 10.2. The smallest absolute Gasteiger partial charge is 0.176 e. The normalized spacial score (nSPS) is 16.7. The summed E-state index contributed by atoms with van der Waals surface area (Å²) in [6, 6.07) is 15.3. The SMILES string of the molecule is Cc1cccc(OCC(O)CN2CCN(CC(=O)c3ccc(Br)cc3)CC2)c1. The van der Waals surface area contributed by atoms with Gasteiger partial charge in [0.05, 0.1) is 6.54 Å². The van der Waals surface area contributed by atoms with Gasteiger partial charge in [-0.1, -0.05) is 40.2 Å². The van der Waals surface area contributed by atoms with Crippen LogP contribution in [-0.4, -0.2) is 72.7 Å². The maximum absolute atomic E-state index is 12.4. The zero-order valence-electron chi connectivity index (χ0n) is 16.2. The Morgan fingerprint density at radius 1 is 1.11 bits per heavy atom. The third-order valence-corrected chi connectivity index (χ3v) is 5.43. The minimum Gasteiger partial charge on any atom is -0.491 e. The van der Waals surface area contributed by atoms with Gasteiger partial charge in [-0.2, -0.15) is 0 Å². The van der Waals surface area contributed by atoms with E-state index in [0.29, 0.717) is 13.1 Å². The molecule has 1 fully saturated rings. The van der Waals surface area contributed by atoms with E-state index in [1.165, 1.54) is 0 Å². The number of carbonyl (C=O) groups excluding carboxylic acids is 1. The number of benzene rings is 2. The minimum absolute atomic E-state index is 0.146. The van der Waals surface area contributed by atoms with Crippen molar-refractivity contribution in [3.63, 3.8) is 0 Å². The van der Waals surface area contributed by atoms with Crippen molar-refractivity contribution < 1.29 is 14.6 Å². The van der Waals surface area contributed by atoms with Gasteiger partial charge in [0.15, 0.2) is 5.78 Å². The fraction of sp³-hybridized carbons (Fsp3) is 0.409. The van der Waals surface area contributed by atoms with E-state index < -0.39 is 6.10 Å². The van der Waals surface area contributed by atoms with Crippen LogP contribution in [0.25, 0.3) is 0 Å². The summed E-state index contributed by atoms with van der Waals surface area (Å²) in [4.78, 5) is 16.8. The molecule has 1 saturated heterocycles. The second-order valence-corrected chi connectivity index (χ2v) is 8.20. The molecule has 5 nitrogen and oxygen atoms in total. The summed E-state index contributed by atoms with van der Waals surface area (Å²) in [6.45, 7) is 6.66. The van der Waals surface area contributed by atoms with Gasteiger partial charge in [-0.15, -0.1) is 0 Å². The molecule has 1 aliphatic heterocycles. The lowest BCUT2D eigenvalue weighted by molar-refractivity contribution is 0.0451. The lowest BCUT2D eigenvalue weighted by Gasteiger charge is -2.35. The van der Waals surface area contributed by atoms with Crippen molar-refractivity contribution in [2.45, 2.75) is 13.0 Å². The molecule has 0 radical (unpaired) electrons. The Kier molecular flexibility index (Phi) is 7.62. The molecule has 3 rings (SSSR count). The first kappa shape index (κ1) is 21.0. The lowest BCUT2D eigenvalue weighted by Crippen LogP contribution is -2.50. The third kappa shape index (κ3) is 6.41. The zero-order chi connectivity index (χ0) is 19.9. The van der Waals surface area contributed by atoms with E-state index >= 15 is 0 Å². The fourth-order valence-corrected chi connectivity index (χ4v) is 3.57. The number of aliphatic hydroxyl groups is 1. The summed E-state index contributed by atoms with van der Waals surface area (Å²) in [5.41, 5.74) is 1.88. The third-order valence-electron chi connectivity index (χ3n) is 4.90. The maximum atomic E-state index is 12.4. The van der Waals surface area contributed by atoms with E-state index in [0.717, 1.165) is 47.5 Å². The first-order chi connectivity index (χ1) is 13.5. The Morgan fingerprint density at radius 2 is 1.79 bits per heavy atom. The fourth-order valence-electron chi connectivity index (χ4n) is 3.31. The molecule has 0 amide bonds. The average Bonchev–Trinajstić information content (AvgIpc) is 2.68. The Balaban J connectivity index is 1.37. The highest BCUT2D eigenvalue weighted by Gasteiger charge is 2.21. The number of ether oxygens (including phenoxy) is 1. The highest BCUT2D eigenvalue weighted by molar-refractivity contribution is 9.10. The van der Waals surface area contributed by atoms with Gasteiger partial charge in [0.25, 0.3) is 0 Å². The summed E-state index contributed by atoms with van der Waals surface area (Å²) < 4.78 is 6.66. The van der Waals surface area contributed by atoms with Gasteiger partial charge in [0, 0.05) is 42.8 Å². The van der Waals surface area contributed by atoms with Gasteiger partial charge >= 0.3 is 0 Å². The van der Waals surface area contributed by atoms with Crippen LogP contribution in [-0.2, 0) is 0 Å². The number of β-amino-alcohol motifs (C(OH)–C–C–N with tert-alkyl or cyclic N) is 1. The van der Waals surface area contributed by atoms with Gasteiger partial charge in [-0.25, -0.2) is 0 Å². The molecular formula is C22H27BrN2O3. The Labute approximate surface area is 175 Å². The number of hydrogen-bond donors (Lipinski definition) is 1. The minimum atomic E-state index is -0.531. The highest BCUT2D eigenvalue weighted by Crippen LogP contribution is 2.14. The van der Waals surface area contributed by atoms with E-state index in [4.69, 9.17) is 4.74 Å². The van der Waals surface area contributed by atoms with Crippen LogP contribution < -0.4 is 4.74 Å². The van der Waals surface area contributed by atoms with Crippen LogP contribution in [0.3, 0.4) is 0 Å². The van der Waals surface area contributed by atoms with Crippen molar-refractivity contribution >= 4 is 21.7 Å². The van der Waals surface area contributed by atoms with Crippen LogP contribution in [0.15, 0.2) is 53.0 Å². The summed E-state index contributed by atoms with van der Waals surface area (Å²) in [6.07, 6.45) is -0.531. The predicted molar refractivity (Wildman–Crippen MR) is 114 cm³/mol. The van der Waals surface area contributed by atoms with Gasteiger partial charge < -0.3 is 9.84 Å². The van der Waals surface area contributed by atoms with Gasteiger partial charge in [-0.05, 0) is 36.8 Å². The summed E-state index contributed by atoms with van der Waals surface area (Å²) in [7, 11) is 0. The number of ketones is 1. The first-order valence-corrected chi connectivity index (χ1v) is 10.4. The summed E-state index contributed by atoms with van der Waals surface area (Å²) in [5.74, 6) is 0.933. The van der Waals surface area contributed by atoms with Crippen LogP contribution in [0.2, 0.25) is 0 Å². The van der Waals surface area contributed by atoms with Crippen molar-refractivity contribution in [2.75, 3.05) is 45.9 Å². The van der Waals surface area contributed by atoms with Gasteiger partial charge in [0.2, 0.25) is 0 Å². The maximum Gasteiger partial charge on any atom is 0.176 e. The average molecular weight is 447 g/mol. The van der Waals surface area contributed by atoms with Crippen LogP contribution in [0, 0.1) is 6.92 Å². The number of Topliss-reactive ketones (excluding diaryl/α,β-unsaturated/α-hetero) is 1. The monoisotopic (exact) mass is 446 g/mol. The van der Waals surface area contributed by atoms with E-state index in [-0.39, 0.29) is 12.4 Å². The Morgan fingerprint density at radius 3 is 2.46 bits per heavy atom. The lowest BCUT2D eigenvalue weighted by atomic mass is 10.1. The largest absolute Gasteiger partial charge is 0.491 e. The van der Waals surface area contributed by atoms with Crippen molar-refractivity contribution in [1.29, 1.82) is 0 Å². The number of piperazine rings is 1. The molecule has 0 spiro atoms. The van der Waals surface area contributed by atoms with Crippen LogP contribution >= 0.6 is 15.9 Å². The van der Waals surface area contributed by atoms with Crippen molar-refractivity contribution in [1.82, 2.24) is 9.80 Å².